The van der Waals surface area contributed by atoms with E-state index in [-0.39, 0.29) is 5.91 Å². The summed E-state index contributed by atoms with van der Waals surface area (Å²) in [5.41, 5.74) is -0.00490. The summed E-state index contributed by atoms with van der Waals surface area (Å²) >= 11 is 1.43. The molecule has 1 aromatic heterocycles. The SMILES string of the molecule is O=COC1SCCN1C(=O)c1cccnc1. The lowest BCUT2D eigenvalue weighted by Crippen LogP contribution is -2.36. The summed E-state index contributed by atoms with van der Waals surface area (Å²) in [4.78, 5) is 27.7. The lowest BCUT2D eigenvalue weighted by Gasteiger charge is -2.21. The molecular weight excluding hydrogens is 228 g/mol. The minimum atomic E-state index is -0.509. The number of nitrogens with zero attached hydrogens (tertiary/aromatic N) is 2. The average Bonchev–Trinajstić information content (AvgIpc) is 2.78. The van der Waals surface area contributed by atoms with Gasteiger partial charge < -0.3 is 4.74 Å². The van der Waals surface area contributed by atoms with Crippen LogP contribution >= 0.6 is 11.8 Å². The fourth-order valence-corrected chi connectivity index (χ4v) is 2.47. The van der Waals surface area contributed by atoms with E-state index in [2.05, 4.69) is 4.98 Å². The molecule has 1 amide bonds. The van der Waals surface area contributed by atoms with Gasteiger partial charge in [0.1, 0.15) is 0 Å². The molecule has 2 rings (SSSR count). The van der Waals surface area contributed by atoms with E-state index in [0.717, 1.165) is 5.75 Å². The van der Waals surface area contributed by atoms with Crippen LogP contribution in [0.4, 0.5) is 0 Å². The first-order chi connectivity index (χ1) is 7.83. The second kappa shape index (κ2) is 4.98. The highest BCUT2D eigenvalue weighted by molar-refractivity contribution is 8.00. The summed E-state index contributed by atoms with van der Waals surface area (Å²) in [5.74, 6) is 0.606. The molecular formula is C10H10N2O3S. The first-order valence-corrected chi connectivity index (χ1v) is 5.79. The van der Waals surface area contributed by atoms with E-state index in [1.807, 2.05) is 0 Å². The molecule has 1 saturated heterocycles. The monoisotopic (exact) mass is 238 g/mol. The van der Waals surface area contributed by atoms with Crippen LogP contribution in [0.15, 0.2) is 24.5 Å². The van der Waals surface area contributed by atoms with E-state index in [0.29, 0.717) is 18.6 Å². The third kappa shape index (κ3) is 2.16. The van der Waals surface area contributed by atoms with Gasteiger partial charge >= 0.3 is 0 Å². The number of carbonyl (C=O) groups excluding carboxylic acids is 2. The van der Waals surface area contributed by atoms with Gasteiger partial charge in [-0.25, -0.2) is 0 Å². The predicted molar refractivity (Wildman–Crippen MR) is 58.7 cm³/mol. The van der Waals surface area contributed by atoms with Crippen LogP contribution in [-0.2, 0) is 9.53 Å². The van der Waals surface area contributed by atoms with Crippen molar-refractivity contribution in [2.24, 2.45) is 0 Å². The molecule has 1 unspecified atom stereocenters. The number of pyridine rings is 1. The number of hydrogen-bond donors (Lipinski definition) is 0. The second-order valence-electron chi connectivity index (χ2n) is 3.15. The molecule has 84 valence electrons. The molecule has 1 aliphatic heterocycles. The molecule has 0 bridgehead atoms. The van der Waals surface area contributed by atoms with Gasteiger partial charge in [-0.05, 0) is 12.1 Å². The van der Waals surface area contributed by atoms with Crippen molar-refractivity contribution in [2.45, 2.75) is 5.56 Å². The molecule has 0 radical (unpaired) electrons. The van der Waals surface area contributed by atoms with Crippen molar-refractivity contribution >= 4 is 24.1 Å². The predicted octanol–water partition coefficient (Wildman–Crippen LogP) is 0.727. The van der Waals surface area contributed by atoms with E-state index in [4.69, 9.17) is 4.74 Å². The van der Waals surface area contributed by atoms with E-state index < -0.39 is 5.56 Å². The van der Waals surface area contributed by atoms with Gasteiger partial charge in [-0.1, -0.05) is 11.8 Å². The molecule has 1 fully saturated rings. The number of thioether (sulfide) groups is 1. The first kappa shape index (κ1) is 10.9. The summed E-state index contributed by atoms with van der Waals surface area (Å²) in [7, 11) is 0. The van der Waals surface area contributed by atoms with Crippen LogP contribution < -0.4 is 0 Å². The van der Waals surface area contributed by atoms with E-state index in [1.165, 1.54) is 22.9 Å². The zero-order valence-electron chi connectivity index (χ0n) is 8.41. The highest BCUT2D eigenvalue weighted by Crippen LogP contribution is 2.25. The Labute approximate surface area is 96.8 Å². The number of hydrogen-bond acceptors (Lipinski definition) is 5. The van der Waals surface area contributed by atoms with Crippen LogP contribution in [0.2, 0.25) is 0 Å². The molecule has 0 saturated carbocycles. The molecule has 0 spiro atoms. The summed E-state index contributed by atoms with van der Waals surface area (Å²) in [5, 5.41) is 0. The molecule has 1 aliphatic rings. The minimum absolute atomic E-state index is 0.162. The summed E-state index contributed by atoms with van der Waals surface area (Å²) in [6, 6.07) is 3.39. The quantitative estimate of drug-likeness (QED) is 0.726. The third-order valence-corrected chi connectivity index (χ3v) is 3.26. The third-order valence-electron chi connectivity index (χ3n) is 2.19. The molecule has 1 aromatic rings. The Hall–Kier alpha value is -1.56. The maximum Gasteiger partial charge on any atom is 0.295 e. The van der Waals surface area contributed by atoms with Crippen LogP contribution in [0.25, 0.3) is 0 Å². The van der Waals surface area contributed by atoms with Crippen molar-refractivity contribution in [1.82, 2.24) is 9.88 Å². The van der Waals surface area contributed by atoms with Gasteiger partial charge in [0.05, 0.1) is 5.56 Å². The summed E-state index contributed by atoms with van der Waals surface area (Å²) in [6.45, 7) is 0.948. The van der Waals surface area contributed by atoms with E-state index >= 15 is 0 Å². The molecule has 2 heterocycles. The highest BCUT2D eigenvalue weighted by Gasteiger charge is 2.31. The minimum Gasteiger partial charge on any atom is -0.434 e. The maximum absolute atomic E-state index is 12.0. The van der Waals surface area contributed by atoms with Crippen LogP contribution in [0.1, 0.15) is 10.4 Å². The molecule has 16 heavy (non-hydrogen) atoms. The van der Waals surface area contributed by atoms with Crippen LogP contribution in [0.5, 0.6) is 0 Å². The summed E-state index contributed by atoms with van der Waals surface area (Å²) < 4.78 is 4.83. The van der Waals surface area contributed by atoms with Gasteiger partial charge in [-0.2, -0.15) is 0 Å². The Morgan fingerprint density at radius 3 is 3.25 bits per heavy atom. The molecule has 0 aromatic carbocycles. The fourth-order valence-electron chi connectivity index (χ4n) is 1.46. The van der Waals surface area contributed by atoms with Crippen molar-refractivity contribution in [3.05, 3.63) is 30.1 Å². The molecule has 0 N–H and O–H groups in total. The maximum atomic E-state index is 12.0. The molecule has 1 atom stereocenters. The van der Waals surface area contributed by atoms with Crippen molar-refractivity contribution in [1.29, 1.82) is 0 Å². The lowest BCUT2D eigenvalue weighted by molar-refractivity contribution is -0.133. The van der Waals surface area contributed by atoms with E-state index in [1.54, 1.807) is 18.3 Å². The van der Waals surface area contributed by atoms with Gasteiger partial charge in [-0.3, -0.25) is 19.5 Å². The zero-order chi connectivity index (χ0) is 11.4. The molecule has 6 heteroatoms. The Morgan fingerprint density at radius 1 is 1.69 bits per heavy atom. The number of amides is 1. The van der Waals surface area contributed by atoms with Crippen LogP contribution in [-0.4, -0.2) is 40.1 Å². The smallest absolute Gasteiger partial charge is 0.295 e. The van der Waals surface area contributed by atoms with Gasteiger partial charge in [0.15, 0.2) is 0 Å². The standard InChI is InChI=1S/C10H10N2O3S/c13-7-15-10-12(4-5-16-10)9(14)8-2-1-3-11-6-8/h1-3,6-7,10H,4-5H2. The van der Waals surface area contributed by atoms with Crippen molar-refractivity contribution in [3.8, 4) is 0 Å². The number of ether oxygens (including phenoxy) is 1. The topological polar surface area (TPSA) is 59.5 Å². The fraction of sp³-hybridized carbons (Fsp3) is 0.300. The van der Waals surface area contributed by atoms with Gasteiger partial charge in [0, 0.05) is 24.7 Å². The largest absolute Gasteiger partial charge is 0.434 e. The zero-order valence-corrected chi connectivity index (χ0v) is 9.22. The summed E-state index contributed by atoms with van der Waals surface area (Å²) in [6.07, 6.45) is 3.11. The Morgan fingerprint density at radius 2 is 2.56 bits per heavy atom. The Balaban J connectivity index is 2.12. The Kier molecular flexibility index (Phi) is 3.40. The van der Waals surface area contributed by atoms with Crippen LogP contribution in [0, 0.1) is 0 Å². The van der Waals surface area contributed by atoms with Crippen molar-refractivity contribution < 1.29 is 14.3 Å². The normalized spacial score (nSPS) is 19.5. The second-order valence-corrected chi connectivity index (χ2v) is 4.30. The molecule has 0 aliphatic carbocycles. The van der Waals surface area contributed by atoms with E-state index in [9.17, 15) is 9.59 Å². The average molecular weight is 238 g/mol. The van der Waals surface area contributed by atoms with Gasteiger partial charge in [-0.15, -0.1) is 0 Å². The highest BCUT2D eigenvalue weighted by atomic mass is 32.2. The van der Waals surface area contributed by atoms with Gasteiger partial charge in [0.2, 0.25) is 5.56 Å². The Bertz CT molecular complexity index is 385. The molecule has 5 nitrogen and oxygen atoms in total. The van der Waals surface area contributed by atoms with Gasteiger partial charge in [0.25, 0.3) is 12.4 Å². The number of rotatable bonds is 3. The van der Waals surface area contributed by atoms with Crippen molar-refractivity contribution in [3.63, 3.8) is 0 Å². The number of aromatic nitrogens is 1. The lowest BCUT2D eigenvalue weighted by atomic mass is 10.2. The van der Waals surface area contributed by atoms with Crippen molar-refractivity contribution in [2.75, 3.05) is 12.3 Å². The number of carbonyl (C=O) groups is 2. The first-order valence-electron chi connectivity index (χ1n) is 4.74. The van der Waals surface area contributed by atoms with Crippen LogP contribution in [0.3, 0.4) is 0 Å².